The predicted molar refractivity (Wildman–Crippen MR) is 80.2 cm³/mol. The van der Waals surface area contributed by atoms with Crippen LogP contribution in [-0.2, 0) is 0 Å². The first-order valence-electron chi connectivity index (χ1n) is 6.22. The number of nitrogens with zero attached hydrogens (tertiary/aromatic N) is 2. The quantitative estimate of drug-likeness (QED) is 0.486. The molecule has 5 nitrogen and oxygen atoms in total. The van der Waals surface area contributed by atoms with Crippen molar-refractivity contribution in [3.8, 4) is 11.6 Å². The van der Waals surface area contributed by atoms with Crippen molar-refractivity contribution in [2.75, 3.05) is 12.1 Å². The van der Waals surface area contributed by atoms with E-state index >= 15 is 0 Å². The lowest BCUT2D eigenvalue weighted by atomic mass is 10.3. The van der Waals surface area contributed by atoms with Gasteiger partial charge in [-0.05, 0) is 18.2 Å². The Labute approximate surface area is 122 Å². The molecule has 2 rings (SSSR count). The van der Waals surface area contributed by atoms with Gasteiger partial charge in [0.1, 0.15) is 11.4 Å². The monoisotopic (exact) mass is 286 g/mol. The highest BCUT2D eigenvalue weighted by atomic mass is 19.1. The second-order valence-electron chi connectivity index (χ2n) is 4.07. The molecule has 1 aromatic heterocycles. The first-order valence-corrected chi connectivity index (χ1v) is 6.22. The van der Waals surface area contributed by atoms with Crippen LogP contribution >= 0.6 is 0 Å². The van der Waals surface area contributed by atoms with Gasteiger partial charge in [-0.25, -0.2) is 5.43 Å². The van der Waals surface area contributed by atoms with Gasteiger partial charge in [-0.15, -0.1) is 0 Å². The van der Waals surface area contributed by atoms with Crippen LogP contribution in [0.4, 0.5) is 10.1 Å². The minimum atomic E-state index is -0.721. The summed E-state index contributed by atoms with van der Waals surface area (Å²) in [4.78, 5) is 3.77. The molecule has 0 bridgehead atoms. The number of halogens is 1. The van der Waals surface area contributed by atoms with Gasteiger partial charge in [0, 0.05) is 19.3 Å². The van der Waals surface area contributed by atoms with Gasteiger partial charge < -0.3 is 10.1 Å². The number of pyridine rings is 1. The number of hydrazine groups is 1. The molecular formula is C15H15FN4O. The molecule has 1 heterocycles. The maximum absolute atomic E-state index is 14.1. The Hall–Kier alpha value is -2.73. The molecule has 1 aromatic carbocycles. The summed E-state index contributed by atoms with van der Waals surface area (Å²) in [5.74, 6) is 0.00581. The molecular weight excluding hydrogens is 271 g/mol. The van der Waals surface area contributed by atoms with E-state index in [0.29, 0.717) is 5.75 Å². The highest BCUT2D eigenvalue weighted by molar-refractivity contribution is 5.80. The van der Waals surface area contributed by atoms with E-state index in [-0.39, 0.29) is 17.3 Å². The lowest BCUT2D eigenvalue weighted by Gasteiger charge is -2.23. The fourth-order valence-corrected chi connectivity index (χ4v) is 1.73. The minimum Gasteiger partial charge on any atom is -0.439 e. The Morgan fingerprint density at radius 2 is 2.05 bits per heavy atom. The number of hydrogen-bond acceptors (Lipinski definition) is 5. The number of aromatic nitrogens is 1. The molecule has 0 spiro atoms. The third-order valence-electron chi connectivity index (χ3n) is 2.69. The molecule has 0 unspecified atom stereocenters. The zero-order chi connectivity index (χ0) is 15.2. The maximum atomic E-state index is 14.1. The standard InChI is InChI=1S/C15H15FN4O/c1-11(10-17)20(18-2)13-8-9-14(19-15(13)16)21-12-6-4-3-5-7-12/h3-10,17-18H,1H2,2H3. The topological polar surface area (TPSA) is 61.2 Å². The number of allylic oxidation sites excluding steroid dienone is 1. The molecule has 0 saturated heterocycles. The van der Waals surface area contributed by atoms with E-state index in [2.05, 4.69) is 17.0 Å². The number of para-hydroxylation sites is 1. The smallest absolute Gasteiger partial charge is 0.241 e. The molecule has 0 aliphatic carbocycles. The van der Waals surface area contributed by atoms with Crippen molar-refractivity contribution in [2.24, 2.45) is 0 Å². The molecule has 0 fully saturated rings. The van der Waals surface area contributed by atoms with Gasteiger partial charge in [-0.3, -0.25) is 5.01 Å². The predicted octanol–water partition coefficient (Wildman–Crippen LogP) is 3.12. The fraction of sp³-hybridized carbons (Fsp3) is 0.0667. The van der Waals surface area contributed by atoms with Gasteiger partial charge in [0.2, 0.25) is 11.8 Å². The first-order chi connectivity index (χ1) is 10.2. The third-order valence-corrected chi connectivity index (χ3v) is 2.69. The van der Waals surface area contributed by atoms with Crippen LogP contribution in [0.2, 0.25) is 0 Å². The van der Waals surface area contributed by atoms with Crippen LogP contribution in [0.25, 0.3) is 0 Å². The summed E-state index contributed by atoms with van der Waals surface area (Å²) in [6.45, 7) is 3.65. The molecule has 0 amide bonds. The zero-order valence-electron chi connectivity index (χ0n) is 11.5. The second kappa shape index (κ2) is 6.62. The Morgan fingerprint density at radius 3 is 2.62 bits per heavy atom. The molecule has 108 valence electrons. The van der Waals surface area contributed by atoms with Crippen LogP contribution in [0.1, 0.15) is 0 Å². The molecule has 0 aliphatic rings. The van der Waals surface area contributed by atoms with Gasteiger partial charge in [0.05, 0.1) is 5.70 Å². The van der Waals surface area contributed by atoms with Crippen molar-refractivity contribution in [2.45, 2.75) is 0 Å². The van der Waals surface area contributed by atoms with E-state index < -0.39 is 5.95 Å². The maximum Gasteiger partial charge on any atom is 0.241 e. The lowest BCUT2D eigenvalue weighted by molar-refractivity contribution is 0.445. The van der Waals surface area contributed by atoms with E-state index in [9.17, 15) is 4.39 Å². The van der Waals surface area contributed by atoms with Crippen molar-refractivity contribution in [3.63, 3.8) is 0 Å². The fourth-order valence-electron chi connectivity index (χ4n) is 1.73. The van der Waals surface area contributed by atoms with Crippen LogP contribution in [0, 0.1) is 11.4 Å². The molecule has 6 heteroatoms. The minimum absolute atomic E-state index is 0.152. The van der Waals surface area contributed by atoms with E-state index in [1.54, 1.807) is 25.2 Å². The van der Waals surface area contributed by atoms with Gasteiger partial charge in [-0.2, -0.15) is 9.37 Å². The second-order valence-corrected chi connectivity index (χ2v) is 4.07. The normalized spacial score (nSPS) is 10.0. The van der Waals surface area contributed by atoms with Crippen molar-refractivity contribution in [1.29, 1.82) is 5.41 Å². The lowest BCUT2D eigenvalue weighted by Crippen LogP contribution is -2.35. The molecule has 2 N–H and O–H groups in total. The van der Waals surface area contributed by atoms with E-state index in [0.717, 1.165) is 6.21 Å². The van der Waals surface area contributed by atoms with E-state index in [1.165, 1.54) is 11.1 Å². The average molecular weight is 286 g/mol. The summed E-state index contributed by atoms with van der Waals surface area (Å²) in [5.41, 5.74) is 3.19. The summed E-state index contributed by atoms with van der Waals surface area (Å²) >= 11 is 0. The van der Waals surface area contributed by atoms with Crippen molar-refractivity contribution in [1.82, 2.24) is 10.4 Å². The number of rotatable bonds is 6. The summed E-state index contributed by atoms with van der Waals surface area (Å²) in [5, 5.41) is 8.50. The molecule has 21 heavy (non-hydrogen) atoms. The van der Waals surface area contributed by atoms with Crippen LogP contribution in [0.15, 0.2) is 54.7 Å². The number of nitrogens with one attached hydrogen (secondary N) is 2. The summed E-state index contributed by atoms with van der Waals surface area (Å²) < 4.78 is 19.6. The van der Waals surface area contributed by atoms with Gasteiger partial charge in [0.15, 0.2) is 0 Å². The van der Waals surface area contributed by atoms with Gasteiger partial charge >= 0.3 is 0 Å². The molecule has 0 atom stereocenters. The molecule has 0 aliphatic heterocycles. The number of ether oxygens (including phenoxy) is 1. The Morgan fingerprint density at radius 1 is 1.33 bits per heavy atom. The van der Waals surface area contributed by atoms with Crippen molar-refractivity contribution < 1.29 is 9.13 Å². The third kappa shape index (κ3) is 3.43. The summed E-state index contributed by atoms with van der Waals surface area (Å²) in [6.07, 6.45) is 1.02. The van der Waals surface area contributed by atoms with Crippen LogP contribution in [0.3, 0.4) is 0 Å². The molecule has 0 radical (unpaired) electrons. The highest BCUT2D eigenvalue weighted by Crippen LogP contribution is 2.24. The summed E-state index contributed by atoms with van der Waals surface area (Å²) in [6, 6.07) is 12.1. The van der Waals surface area contributed by atoms with Crippen molar-refractivity contribution in [3.05, 3.63) is 60.7 Å². The van der Waals surface area contributed by atoms with Gasteiger partial charge in [-0.1, -0.05) is 24.8 Å². The Kier molecular flexibility index (Phi) is 4.63. The molecule has 0 saturated carbocycles. The largest absolute Gasteiger partial charge is 0.439 e. The van der Waals surface area contributed by atoms with Crippen LogP contribution in [-0.4, -0.2) is 18.2 Å². The van der Waals surface area contributed by atoms with Gasteiger partial charge in [0.25, 0.3) is 0 Å². The first kappa shape index (κ1) is 14.7. The number of hydrogen-bond donors (Lipinski definition) is 2. The highest BCUT2D eigenvalue weighted by Gasteiger charge is 2.14. The molecule has 2 aromatic rings. The zero-order valence-corrected chi connectivity index (χ0v) is 11.5. The van der Waals surface area contributed by atoms with Crippen molar-refractivity contribution >= 4 is 11.9 Å². The number of anilines is 1. The van der Waals surface area contributed by atoms with Crippen LogP contribution in [0.5, 0.6) is 11.6 Å². The Balaban J connectivity index is 2.25. The van der Waals surface area contributed by atoms with E-state index in [4.69, 9.17) is 10.1 Å². The van der Waals surface area contributed by atoms with Crippen LogP contribution < -0.4 is 15.2 Å². The Bertz CT molecular complexity index is 645. The van der Waals surface area contributed by atoms with E-state index in [1.807, 2.05) is 18.2 Å². The SMILES string of the molecule is C=C(C=N)N(NC)c1ccc(Oc2ccccc2)nc1F. The summed E-state index contributed by atoms with van der Waals surface area (Å²) in [7, 11) is 1.60. The number of benzene rings is 1. The average Bonchev–Trinajstić information content (AvgIpc) is 2.50.